The van der Waals surface area contributed by atoms with Gasteiger partial charge in [-0.25, -0.2) is 9.37 Å². The number of hydrogen-bond acceptors (Lipinski definition) is 9. The van der Waals surface area contributed by atoms with Crippen LogP contribution in [0.5, 0.6) is 0 Å². The van der Waals surface area contributed by atoms with E-state index in [9.17, 15) is 22.4 Å². The van der Waals surface area contributed by atoms with E-state index < -0.39 is 11.9 Å². The Hall–Kier alpha value is -9.17. The van der Waals surface area contributed by atoms with Crippen molar-refractivity contribution >= 4 is 44.4 Å². The van der Waals surface area contributed by atoms with E-state index in [-0.39, 0.29) is 55.0 Å². The number of halogens is 4. The quantitative estimate of drug-likeness (QED) is 0.160. The first-order valence-corrected chi connectivity index (χ1v) is 35.1. The third-order valence-electron chi connectivity index (χ3n) is 16.4. The molecule has 8 aromatic heterocycles. The van der Waals surface area contributed by atoms with Gasteiger partial charge in [0, 0.05) is 85.1 Å². The monoisotopic (exact) mass is 1400 g/mol. The maximum absolute atomic E-state index is 13.0. The van der Waals surface area contributed by atoms with Gasteiger partial charge in [0.1, 0.15) is 17.3 Å². The average molecular weight is 1400 g/mol. The van der Waals surface area contributed by atoms with Gasteiger partial charge in [0.05, 0.1) is 22.7 Å². The molecule has 0 spiro atoms. The van der Waals surface area contributed by atoms with Gasteiger partial charge in [-0.1, -0.05) is 227 Å². The molecule has 11 rings (SSSR count). The first-order chi connectivity index (χ1) is 47.4. The molecular weight excluding hydrogens is 1290 g/mol. The summed E-state index contributed by atoms with van der Waals surface area (Å²) < 4.78 is 49.9. The minimum absolute atomic E-state index is 0.0795. The second kappa shape index (κ2) is 36.3. The SMILES string of the molecule is CC(=O)Nc1cc(C(C)(C)C)ccn1.CC(C)(C)c1ccc2ncccc2c1.CC(C)(C)c1cccc2cccnc12.CC(C)(C)c1ccnc(C(F)(F)F)c1.CC(C)(C)c1ccncc1F.CC(C)(C)c1cnc2ccccc2c1.Cc1cncc(C(C)(C)C)c1.Cc1cnccc1C(C)(C)C. The Balaban J connectivity index is 0.000000250. The van der Waals surface area contributed by atoms with Crippen molar-refractivity contribution in [2.24, 2.45) is 0 Å². The zero-order chi connectivity index (χ0) is 77.7. The Morgan fingerprint density at radius 3 is 1.31 bits per heavy atom. The van der Waals surface area contributed by atoms with Crippen LogP contribution in [0.15, 0.2) is 202 Å². The molecule has 0 atom stereocenters. The third-order valence-corrected chi connectivity index (χ3v) is 16.4. The van der Waals surface area contributed by atoms with Crippen molar-refractivity contribution in [3.8, 4) is 0 Å². The summed E-state index contributed by atoms with van der Waals surface area (Å²) in [5.74, 6) is 0.300. The predicted octanol–water partition coefficient (Wildman–Crippen LogP) is 24.2. The van der Waals surface area contributed by atoms with Gasteiger partial charge >= 0.3 is 6.18 Å². The largest absolute Gasteiger partial charge is 0.433 e. The van der Waals surface area contributed by atoms with Crippen LogP contribution < -0.4 is 5.32 Å². The third kappa shape index (κ3) is 29.2. The lowest BCUT2D eigenvalue weighted by atomic mass is 9.85. The van der Waals surface area contributed by atoms with Crippen molar-refractivity contribution in [2.45, 2.75) is 236 Å². The van der Waals surface area contributed by atoms with Gasteiger partial charge in [0.2, 0.25) is 5.91 Å². The molecule has 550 valence electrons. The van der Waals surface area contributed by atoms with E-state index in [1.54, 1.807) is 24.5 Å². The van der Waals surface area contributed by atoms with Crippen LogP contribution in [0.2, 0.25) is 0 Å². The molecule has 0 aliphatic heterocycles. The molecule has 8 heterocycles. The topological polar surface area (TPSA) is 132 Å². The molecule has 0 aliphatic rings. The molecule has 3 aromatic carbocycles. The summed E-state index contributed by atoms with van der Waals surface area (Å²) in [6, 6.07) is 44.0. The summed E-state index contributed by atoms with van der Waals surface area (Å²) in [6.07, 6.45) is 14.7. The molecule has 0 saturated carbocycles. The highest BCUT2D eigenvalue weighted by atomic mass is 19.4. The lowest BCUT2D eigenvalue weighted by Gasteiger charge is -2.20. The number of para-hydroxylation sites is 2. The number of alkyl halides is 3. The summed E-state index contributed by atoms with van der Waals surface area (Å²) >= 11 is 0. The van der Waals surface area contributed by atoms with Crippen LogP contribution in [0.4, 0.5) is 23.4 Å². The summed E-state index contributed by atoms with van der Waals surface area (Å²) in [7, 11) is 0. The van der Waals surface area contributed by atoms with Crippen LogP contribution >= 0.6 is 0 Å². The number of aryl methyl sites for hydroxylation is 2. The standard InChI is InChI=1S/3C13H15N.C11H16N2O.C10H12F3N.2C10H15N.C9H12FN/c1-13(2,3)11-8-4-6-10-7-5-9-14-12(10)11;1-13(2,3)11-6-7-12-10(9-11)5-4-8-14-12;1-13(2,3)11-8-10-6-4-5-7-12(10)14-9-11;1-8(14)13-10-7-9(5-6-12-10)11(2,3)4;1-9(2,3)7-4-5-14-8(6-7)10(11,12)13;1-8-5-9(7-11-6-8)10(2,3)4;1-8-7-11-6-5-9(8)10(2,3)4;1-9(2,3)7-4-5-11-6-8(7)10/h3*4-9H,1-3H3;5-7H,1-4H3,(H,12,13,14);4-6H,1-3H3;2*5-7H,1-4H3;4-6H,1-3H3. The number of carbonyl (C=O) groups is 1. The minimum atomic E-state index is -4.36. The second-order valence-corrected chi connectivity index (χ2v) is 34.0. The van der Waals surface area contributed by atoms with Gasteiger partial charge in [0.25, 0.3) is 0 Å². The van der Waals surface area contributed by atoms with Gasteiger partial charge < -0.3 is 5.32 Å². The van der Waals surface area contributed by atoms with Gasteiger partial charge in [-0.2, -0.15) is 13.2 Å². The average Bonchev–Trinajstić information content (AvgIpc) is 0.810. The summed E-state index contributed by atoms with van der Waals surface area (Å²) in [5.41, 5.74) is 14.8. The molecule has 0 saturated heterocycles. The number of anilines is 1. The van der Waals surface area contributed by atoms with Crippen molar-refractivity contribution in [1.29, 1.82) is 0 Å². The Morgan fingerprint density at radius 1 is 0.350 bits per heavy atom. The van der Waals surface area contributed by atoms with Crippen LogP contribution in [0.1, 0.15) is 234 Å². The maximum atomic E-state index is 13.0. The maximum Gasteiger partial charge on any atom is 0.433 e. The number of benzene rings is 3. The normalized spacial score (nSPS) is 11.9. The van der Waals surface area contributed by atoms with Crippen LogP contribution in [0.3, 0.4) is 0 Å². The smallest absolute Gasteiger partial charge is 0.311 e. The fourth-order valence-corrected chi connectivity index (χ4v) is 10.2. The Labute approximate surface area is 614 Å². The van der Waals surface area contributed by atoms with Crippen LogP contribution in [-0.4, -0.2) is 45.8 Å². The highest BCUT2D eigenvalue weighted by Gasteiger charge is 2.33. The first-order valence-electron chi connectivity index (χ1n) is 35.1. The fraction of sp³-hybridized carbons (Fsp3) is 0.404. The lowest BCUT2D eigenvalue weighted by Crippen LogP contribution is -2.15. The minimum Gasteiger partial charge on any atom is -0.311 e. The molecule has 11 aromatic rings. The van der Waals surface area contributed by atoms with Crippen LogP contribution in [-0.2, 0) is 54.3 Å². The van der Waals surface area contributed by atoms with E-state index in [1.165, 1.54) is 74.4 Å². The van der Waals surface area contributed by atoms with Crippen LogP contribution in [0.25, 0.3) is 32.7 Å². The highest BCUT2D eigenvalue weighted by Crippen LogP contribution is 2.33. The van der Waals surface area contributed by atoms with Gasteiger partial charge in [-0.3, -0.25) is 39.7 Å². The van der Waals surface area contributed by atoms with Crippen molar-refractivity contribution in [2.75, 3.05) is 5.32 Å². The number of amides is 1. The number of fused-ring (bicyclic) bond motifs is 3. The molecule has 1 amide bonds. The Kier molecular flexibility index (Phi) is 30.4. The number of nitrogens with zero attached hydrogens (tertiary/aromatic N) is 8. The molecular formula is C89H115F4N9O. The summed E-state index contributed by atoms with van der Waals surface area (Å²) in [4.78, 5) is 43.3. The lowest BCUT2D eigenvalue weighted by molar-refractivity contribution is -0.141. The predicted molar refractivity (Wildman–Crippen MR) is 425 cm³/mol. The molecule has 1 N–H and O–H groups in total. The molecule has 0 aliphatic carbocycles. The van der Waals surface area contributed by atoms with Crippen molar-refractivity contribution in [1.82, 2.24) is 39.9 Å². The molecule has 0 unspecified atom stereocenters. The zero-order valence-electron chi connectivity index (χ0n) is 66.6. The van der Waals surface area contributed by atoms with Gasteiger partial charge in [0.15, 0.2) is 0 Å². The van der Waals surface area contributed by atoms with E-state index in [0.717, 1.165) is 28.2 Å². The number of hydrogen-bond donors (Lipinski definition) is 1. The first kappa shape index (κ1) is 86.2. The van der Waals surface area contributed by atoms with E-state index in [0.29, 0.717) is 16.9 Å². The fourth-order valence-electron chi connectivity index (χ4n) is 10.2. The van der Waals surface area contributed by atoms with Crippen molar-refractivity contribution in [3.63, 3.8) is 0 Å². The summed E-state index contributed by atoms with van der Waals surface area (Å²) in [5, 5.41) is 6.33. The number of pyridine rings is 8. The van der Waals surface area contributed by atoms with E-state index in [1.807, 2.05) is 121 Å². The molecule has 0 bridgehead atoms. The van der Waals surface area contributed by atoms with E-state index in [2.05, 4.69) is 263 Å². The number of carbonyl (C=O) groups excluding carboxylic acids is 1. The zero-order valence-corrected chi connectivity index (χ0v) is 66.6. The molecule has 14 heteroatoms. The van der Waals surface area contributed by atoms with Gasteiger partial charge in [-0.15, -0.1) is 0 Å². The number of nitrogens with one attached hydrogen (secondary N) is 1. The number of aromatic nitrogens is 8. The number of rotatable bonds is 1. The Bertz CT molecular complexity index is 4280. The van der Waals surface area contributed by atoms with E-state index in [4.69, 9.17) is 0 Å². The molecule has 10 nitrogen and oxygen atoms in total. The van der Waals surface area contributed by atoms with E-state index >= 15 is 0 Å². The highest BCUT2D eigenvalue weighted by molar-refractivity contribution is 5.87. The van der Waals surface area contributed by atoms with Crippen LogP contribution in [0, 0.1) is 19.7 Å². The second-order valence-electron chi connectivity index (χ2n) is 34.0. The molecule has 103 heavy (non-hydrogen) atoms. The van der Waals surface area contributed by atoms with Crippen molar-refractivity contribution in [3.05, 3.63) is 269 Å². The van der Waals surface area contributed by atoms with Gasteiger partial charge in [-0.05, 0) is 186 Å². The van der Waals surface area contributed by atoms with Crippen molar-refractivity contribution < 1.29 is 22.4 Å². The molecule has 0 radical (unpaired) electrons. The molecule has 0 fully saturated rings. The Morgan fingerprint density at radius 2 is 0.816 bits per heavy atom. The summed E-state index contributed by atoms with van der Waals surface area (Å²) in [6.45, 7) is 56.8.